The quantitative estimate of drug-likeness (QED) is 0.776. The van der Waals surface area contributed by atoms with Crippen molar-refractivity contribution in [2.24, 2.45) is 0 Å². The zero-order chi connectivity index (χ0) is 12.9. The monoisotopic (exact) mass is 297 g/mol. The number of nitrogens with one attached hydrogen (secondary N) is 1. The summed E-state index contributed by atoms with van der Waals surface area (Å²) < 4.78 is 12.9. The van der Waals surface area contributed by atoms with E-state index < -0.39 is 0 Å². The number of hydrogen-bond acceptors (Lipinski definition) is 1. The molecule has 96 valence electrons. The second kappa shape index (κ2) is 6.79. The molecule has 1 nitrogen and oxygen atoms in total. The lowest BCUT2D eigenvalue weighted by Gasteiger charge is -2.29. The van der Waals surface area contributed by atoms with Gasteiger partial charge in [-0.15, -0.1) is 23.2 Å². The van der Waals surface area contributed by atoms with Crippen molar-refractivity contribution < 1.29 is 4.39 Å². The van der Waals surface area contributed by atoms with Gasteiger partial charge in [-0.25, -0.2) is 4.39 Å². The average molecular weight is 299 g/mol. The van der Waals surface area contributed by atoms with Crippen LogP contribution in [0.3, 0.4) is 0 Å². The van der Waals surface area contributed by atoms with Gasteiger partial charge in [-0.3, -0.25) is 0 Å². The Morgan fingerprint density at radius 2 is 1.94 bits per heavy atom. The van der Waals surface area contributed by atoms with Gasteiger partial charge in [0.15, 0.2) is 0 Å². The molecule has 0 saturated carbocycles. The Balaban J connectivity index is 2.72. The van der Waals surface area contributed by atoms with Gasteiger partial charge in [0.05, 0.1) is 0 Å². The van der Waals surface area contributed by atoms with Crippen molar-refractivity contribution in [3.05, 3.63) is 34.6 Å². The third-order valence-corrected chi connectivity index (χ3v) is 4.23. The Morgan fingerprint density at radius 1 is 1.29 bits per heavy atom. The molecule has 0 aliphatic carbocycles. The largest absolute Gasteiger partial charge is 0.305 e. The van der Waals surface area contributed by atoms with Gasteiger partial charge in [0.25, 0.3) is 0 Å². The molecule has 17 heavy (non-hydrogen) atoms. The highest BCUT2D eigenvalue weighted by Gasteiger charge is 2.25. The maximum atomic E-state index is 12.9. The van der Waals surface area contributed by atoms with E-state index >= 15 is 0 Å². The highest BCUT2D eigenvalue weighted by molar-refractivity contribution is 6.31. The van der Waals surface area contributed by atoms with Crippen molar-refractivity contribution in [1.29, 1.82) is 0 Å². The van der Waals surface area contributed by atoms with Crippen LogP contribution in [0.4, 0.5) is 4.39 Å². The second-order valence-corrected chi connectivity index (χ2v) is 4.93. The summed E-state index contributed by atoms with van der Waals surface area (Å²) in [5.41, 5.74) is 0.530. The fourth-order valence-corrected chi connectivity index (χ4v) is 2.48. The summed E-state index contributed by atoms with van der Waals surface area (Å²) in [5, 5.41) is 3.70. The second-order valence-electron chi connectivity index (χ2n) is 3.99. The summed E-state index contributed by atoms with van der Waals surface area (Å²) >= 11 is 17.8. The van der Waals surface area contributed by atoms with Gasteiger partial charge in [0.1, 0.15) is 5.82 Å². The maximum Gasteiger partial charge on any atom is 0.124 e. The van der Waals surface area contributed by atoms with Gasteiger partial charge in [0, 0.05) is 28.9 Å². The van der Waals surface area contributed by atoms with Gasteiger partial charge >= 0.3 is 0 Å². The minimum atomic E-state index is -0.338. The molecule has 1 aromatic rings. The van der Waals surface area contributed by atoms with Crippen LogP contribution >= 0.6 is 34.8 Å². The molecule has 0 aromatic heterocycles. The Labute approximate surface area is 116 Å². The molecule has 1 rings (SSSR count). The van der Waals surface area contributed by atoms with E-state index in [1.54, 1.807) is 6.07 Å². The van der Waals surface area contributed by atoms with Crippen LogP contribution in [0.25, 0.3) is 0 Å². The first-order chi connectivity index (χ1) is 8.06. The van der Waals surface area contributed by atoms with E-state index in [0.717, 1.165) is 12.0 Å². The van der Waals surface area contributed by atoms with Crippen molar-refractivity contribution in [3.8, 4) is 0 Å². The number of alkyl halides is 2. The molecular weight excluding hydrogens is 283 g/mol. The van der Waals surface area contributed by atoms with Gasteiger partial charge in [0.2, 0.25) is 0 Å². The average Bonchev–Trinajstić information content (AvgIpc) is 2.33. The summed E-state index contributed by atoms with van der Waals surface area (Å²) in [6.45, 7) is 2.54. The van der Waals surface area contributed by atoms with Crippen molar-refractivity contribution in [3.63, 3.8) is 0 Å². The Morgan fingerprint density at radius 3 is 2.41 bits per heavy atom. The van der Waals surface area contributed by atoms with E-state index in [4.69, 9.17) is 34.8 Å². The predicted molar refractivity (Wildman–Crippen MR) is 72.7 cm³/mol. The minimum absolute atomic E-state index is 0.305. The first-order valence-corrected chi connectivity index (χ1v) is 6.82. The topological polar surface area (TPSA) is 12.0 Å². The van der Waals surface area contributed by atoms with Crippen LogP contribution in [0.5, 0.6) is 0 Å². The molecule has 0 saturated heterocycles. The van der Waals surface area contributed by atoms with Crippen LogP contribution < -0.4 is 5.32 Å². The van der Waals surface area contributed by atoms with E-state index in [0.29, 0.717) is 23.3 Å². The smallest absolute Gasteiger partial charge is 0.124 e. The van der Waals surface area contributed by atoms with Crippen molar-refractivity contribution >= 4 is 34.8 Å². The summed E-state index contributed by atoms with van der Waals surface area (Å²) in [7, 11) is 0. The van der Waals surface area contributed by atoms with Crippen LogP contribution in [0.1, 0.15) is 18.9 Å². The van der Waals surface area contributed by atoms with Crippen LogP contribution in [-0.2, 0) is 6.54 Å². The highest BCUT2D eigenvalue weighted by Crippen LogP contribution is 2.20. The molecule has 0 heterocycles. The van der Waals surface area contributed by atoms with E-state index in [2.05, 4.69) is 5.32 Å². The zero-order valence-corrected chi connectivity index (χ0v) is 11.8. The molecule has 1 aromatic carbocycles. The number of rotatable bonds is 6. The van der Waals surface area contributed by atoms with E-state index in [1.807, 2.05) is 6.92 Å². The molecule has 0 fully saturated rings. The van der Waals surface area contributed by atoms with Crippen LogP contribution in [0.2, 0.25) is 5.02 Å². The van der Waals surface area contributed by atoms with Crippen LogP contribution in [0.15, 0.2) is 18.2 Å². The van der Waals surface area contributed by atoms with Gasteiger partial charge < -0.3 is 5.32 Å². The van der Waals surface area contributed by atoms with Crippen LogP contribution in [0, 0.1) is 5.82 Å². The fraction of sp³-hybridized carbons (Fsp3) is 0.500. The third-order valence-electron chi connectivity index (χ3n) is 2.86. The maximum absolute atomic E-state index is 12.9. The van der Waals surface area contributed by atoms with Crippen LogP contribution in [-0.4, -0.2) is 17.3 Å². The SMILES string of the molecule is CCC(CCl)(CCl)NCc1ccc(F)cc1Cl. The molecular formula is C12H15Cl3FN. The van der Waals surface area contributed by atoms with Gasteiger partial charge in [-0.2, -0.15) is 0 Å². The van der Waals surface area contributed by atoms with E-state index in [-0.39, 0.29) is 11.4 Å². The predicted octanol–water partition coefficient (Wildman–Crippen LogP) is 4.20. The standard InChI is InChI=1S/C12H15Cl3FN/c1-2-12(7-13,8-14)17-6-9-3-4-10(16)5-11(9)15/h3-5,17H,2,6-8H2,1H3. The first-order valence-electron chi connectivity index (χ1n) is 5.38. The molecule has 0 radical (unpaired) electrons. The Hall–Kier alpha value is -0.0200. The lowest BCUT2D eigenvalue weighted by Crippen LogP contribution is -2.47. The summed E-state index contributed by atoms with van der Waals surface area (Å²) in [6.07, 6.45) is 0.818. The summed E-state index contributed by atoms with van der Waals surface area (Å²) in [4.78, 5) is 0. The lowest BCUT2D eigenvalue weighted by molar-refractivity contribution is 0.384. The molecule has 0 aliphatic rings. The normalized spacial score (nSPS) is 11.8. The van der Waals surface area contributed by atoms with Crippen molar-refractivity contribution in [2.45, 2.75) is 25.4 Å². The lowest BCUT2D eigenvalue weighted by atomic mass is 10.0. The van der Waals surface area contributed by atoms with Crippen molar-refractivity contribution in [1.82, 2.24) is 5.32 Å². The summed E-state index contributed by atoms with van der Waals surface area (Å²) in [5.74, 6) is 0.507. The molecule has 5 heteroatoms. The number of hydrogen-bond donors (Lipinski definition) is 1. The molecule has 0 aliphatic heterocycles. The van der Waals surface area contributed by atoms with Gasteiger partial charge in [-0.1, -0.05) is 24.6 Å². The molecule has 0 atom stereocenters. The molecule has 0 amide bonds. The molecule has 0 bridgehead atoms. The Kier molecular flexibility index (Phi) is 6.01. The van der Waals surface area contributed by atoms with E-state index in [9.17, 15) is 4.39 Å². The zero-order valence-electron chi connectivity index (χ0n) is 9.57. The third kappa shape index (κ3) is 3.99. The van der Waals surface area contributed by atoms with Gasteiger partial charge in [-0.05, 0) is 24.1 Å². The molecule has 1 N–H and O–H groups in total. The minimum Gasteiger partial charge on any atom is -0.305 e. The molecule has 0 unspecified atom stereocenters. The fourth-order valence-electron chi connectivity index (χ4n) is 1.39. The van der Waals surface area contributed by atoms with Crippen molar-refractivity contribution in [2.75, 3.05) is 11.8 Å². The van der Waals surface area contributed by atoms with E-state index in [1.165, 1.54) is 12.1 Å². The first kappa shape index (κ1) is 15.0. The highest BCUT2D eigenvalue weighted by atomic mass is 35.5. The molecule has 0 spiro atoms. The Bertz CT molecular complexity index is 359. The number of benzene rings is 1. The summed E-state index contributed by atoms with van der Waals surface area (Å²) in [6, 6.07) is 4.35. The number of halogens is 4.